The van der Waals surface area contributed by atoms with Gasteiger partial charge in [0.1, 0.15) is 5.78 Å². The van der Waals surface area contributed by atoms with Crippen molar-refractivity contribution in [1.29, 1.82) is 0 Å². The Hall–Kier alpha value is -2.53. The van der Waals surface area contributed by atoms with E-state index in [1.165, 1.54) is 0 Å². The lowest BCUT2D eigenvalue weighted by molar-refractivity contribution is -0.130. The first kappa shape index (κ1) is 18.8. The van der Waals surface area contributed by atoms with Gasteiger partial charge in [-0.25, -0.2) is 0 Å². The van der Waals surface area contributed by atoms with Crippen molar-refractivity contribution in [2.75, 3.05) is 36.4 Å². The van der Waals surface area contributed by atoms with Gasteiger partial charge in [0, 0.05) is 54.9 Å². The third-order valence-electron chi connectivity index (χ3n) is 5.56. The van der Waals surface area contributed by atoms with Crippen LogP contribution in [0.4, 0.5) is 11.4 Å². The first-order valence-corrected chi connectivity index (χ1v) is 10.0. The third-order valence-corrected chi connectivity index (χ3v) is 5.82. The summed E-state index contributed by atoms with van der Waals surface area (Å²) >= 11 is 5.98. The van der Waals surface area contributed by atoms with E-state index in [0.717, 1.165) is 34.1 Å². The van der Waals surface area contributed by atoms with Crippen LogP contribution in [0.5, 0.6) is 0 Å². The molecule has 1 N–H and O–H groups in total. The largest absolute Gasteiger partial charge is 0.376 e. The molecule has 146 valence electrons. The molecule has 2 aliphatic rings. The van der Waals surface area contributed by atoms with Gasteiger partial charge in [-0.15, -0.1) is 0 Å². The maximum absolute atomic E-state index is 12.7. The summed E-state index contributed by atoms with van der Waals surface area (Å²) < 4.78 is 0. The highest BCUT2D eigenvalue weighted by atomic mass is 35.5. The normalized spacial score (nSPS) is 18.9. The zero-order valence-electron chi connectivity index (χ0n) is 16.0. The van der Waals surface area contributed by atoms with Gasteiger partial charge < -0.3 is 15.1 Å². The van der Waals surface area contributed by atoms with Crippen molar-refractivity contribution in [3.8, 4) is 0 Å². The number of amides is 1. The number of halogens is 1. The fourth-order valence-corrected chi connectivity index (χ4v) is 4.18. The molecule has 1 fully saturated rings. The summed E-state index contributed by atoms with van der Waals surface area (Å²) in [6.45, 7) is 4.60. The van der Waals surface area contributed by atoms with E-state index in [4.69, 9.17) is 11.6 Å². The van der Waals surface area contributed by atoms with Crippen LogP contribution in [0, 0.1) is 0 Å². The maximum Gasteiger partial charge on any atom is 0.242 e. The molecule has 1 aliphatic carbocycles. The molecule has 1 heterocycles. The number of rotatable bonds is 4. The lowest BCUT2D eigenvalue weighted by Crippen LogP contribution is -2.54. The predicted molar refractivity (Wildman–Crippen MR) is 112 cm³/mol. The summed E-state index contributed by atoms with van der Waals surface area (Å²) in [7, 11) is 0. The summed E-state index contributed by atoms with van der Waals surface area (Å²) in [5.41, 5.74) is 4.21. The van der Waals surface area contributed by atoms with Gasteiger partial charge in [-0.05, 0) is 54.4 Å². The van der Waals surface area contributed by atoms with Crippen LogP contribution in [0.2, 0.25) is 5.02 Å². The molecular formula is C22H24ClN3O2. The Balaban J connectivity index is 1.32. The van der Waals surface area contributed by atoms with E-state index >= 15 is 0 Å². The summed E-state index contributed by atoms with van der Waals surface area (Å²) in [6, 6.07) is 14.0. The lowest BCUT2D eigenvalue weighted by Gasteiger charge is -2.41. The van der Waals surface area contributed by atoms with Gasteiger partial charge in [0.2, 0.25) is 5.91 Å². The Labute approximate surface area is 170 Å². The first-order valence-electron chi connectivity index (χ1n) is 9.67. The highest BCUT2D eigenvalue weighted by Crippen LogP contribution is 2.24. The van der Waals surface area contributed by atoms with Gasteiger partial charge in [-0.1, -0.05) is 17.7 Å². The first-order chi connectivity index (χ1) is 13.5. The van der Waals surface area contributed by atoms with Crippen LogP contribution < -0.4 is 10.2 Å². The van der Waals surface area contributed by atoms with Crippen LogP contribution in [-0.2, 0) is 22.4 Å². The molecule has 0 radical (unpaired) electrons. The average molecular weight is 398 g/mol. The van der Waals surface area contributed by atoms with Crippen LogP contribution in [0.25, 0.3) is 0 Å². The number of nitrogens with one attached hydrogen (secondary N) is 1. The molecule has 0 spiro atoms. The van der Waals surface area contributed by atoms with Crippen LogP contribution in [0.3, 0.4) is 0 Å². The molecule has 1 aliphatic heterocycles. The Morgan fingerprint density at radius 1 is 1.11 bits per heavy atom. The van der Waals surface area contributed by atoms with Crippen LogP contribution >= 0.6 is 11.6 Å². The Kier molecular flexibility index (Phi) is 5.27. The van der Waals surface area contributed by atoms with E-state index in [2.05, 4.69) is 17.1 Å². The SMILES string of the molecule is C[C@@H]1CN(C(=O)CNc2ccc3c(c2)CC(=O)C3)CCN1c1ccc(Cl)cc1. The van der Waals surface area contributed by atoms with E-state index in [9.17, 15) is 9.59 Å². The Morgan fingerprint density at radius 3 is 2.61 bits per heavy atom. The highest BCUT2D eigenvalue weighted by molar-refractivity contribution is 6.30. The quantitative estimate of drug-likeness (QED) is 0.861. The molecule has 1 saturated heterocycles. The molecule has 2 aromatic rings. The van der Waals surface area contributed by atoms with Crippen molar-refractivity contribution in [3.05, 3.63) is 58.6 Å². The molecular weight excluding hydrogens is 374 g/mol. The van der Waals surface area contributed by atoms with E-state index in [1.807, 2.05) is 47.4 Å². The van der Waals surface area contributed by atoms with E-state index in [0.29, 0.717) is 25.9 Å². The summed E-state index contributed by atoms with van der Waals surface area (Å²) in [5.74, 6) is 0.356. The number of piperazine rings is 1. The minimum absolute atomic E-state index is 0.0965. The van der Waals surface area contributed by atoms with Gasteiger partial charge >= 0.3 is 0 Å². The number of carbonyl (C=O) groups excluding carboxylic acids is 2. The molecule has 0 aromatic heterocycles. The number of benzene rings is 2. The van der Waals surface area contributed by atoms with Gasteiger partial charge in [-0.3, -0.25) is 9.59 Å². The second-order valence-corrected chi connectivity index (χ2v) is 8.02. The van der Waals surface area contributed by atoms with Gasteiger partial charge in [0.15, 0.2) is 0 Å². The smallest absolute Gasteiger partial charge is 0.242 e. The molecule has 1 atom stereocenters. The Morgan fingerprint density at radius 2 is 1.86 bits per heavy atom. The lowest BCUT2D eigenvalue weighted by atomic mass is 10.1. The molecule has 6 heteroatoms. The van der Waals surface area contributed by atoms with E-state index in [1.54, 1.807) is 0 Å². The highest BCUT2D eigenvalue weighted by Gasteiger charge is 2.26. The number of Topliss-reactive ketones (excluding diaryl/α,β-unsaturated/α-hetero) is 1. The summed E-state index contributed by atoms with van der Waals surface area (Å²) in [4.78, 5) is 28.5. The zero-order valence-corrected chi connectivity index (χ0v) is 16.7. The second kappa shape index (κ2) is 7.84. The van der Waals surface area contributed by atoms with Crippen molar-refractivity contribution in [1.82, 2.24) is 4.90 Å². The minimum Gasteiger partial charge on any atom is -0.376 e. The fraction of sp³-hybridized carbons (Fsp3) is 0.364. The molecule has 0 saturated carbocycles. The molecule has 4 rings (SSSR count). The van der Waals surface area contributed by atoms with Crippen molar-refractivity contribution in [2.24, 2.45) is 0 Å². The van der Waals surface area contributed by atoms with Crippen molar-refractivity contribution < 1.29 is 9.59 Å². The van der Waals surface area contributed by atoms with E-state index in [-0.39, 0.29) is 24.3 Å². The van der Waals surface area contributed by atoms with Gasteiger partial charge in [-0.2, -0.15) is 0 Å². The molecule has 0 bridgehead atoms. The number of fused-ring (bicyclic) bond motifs is 1. The zero-order chi connectivity index (χ0) is 19.7. The van der Waals surface area contributed by atoms with Crippen molar-refractivity contribution >= 4 is 34.7 Å². The molecule has 0 unspecified atom stereocenters. The number of carbonyl (C=O) groups is 2. The number of anilines is 2. The number of hydrogen-bond acceptors (Lipinski definition) is 4. The topological polar surface area (TPSA) is 52.7 Å². The molecule has 5 nitrogen and oxygen atoms in total. The average Bonchev–Trinajstić information content (AvgIpc) is 3.06. The van der Waals surface area contributed by atoms with Crippen LogP contribution in [0.15, 0.2) is 42.5 Å². The van der Waals surface area contributed by atoms with Gasteiger partial charge in [0.05, 0.1) is 6.54 Å². The maximum atomic E-state index is 12.7. The van der Waals surface area contributed by atoms with Crippen LogP contribution in [-0.4, -0.2) is 48.8 Å². The molecule has 2 aromatic carbocycles. The monoisotopic (exact) mass is 397 g/mol. The Bertz CT molecular complexity index is 897. The number of ketones is 1. The third kappa shape index (κ3) is 3.99. The molecule has 28 heavy (non-hydrogen) atoms. The summed E-state index contributed by atoms with van der Waals surface area (Å²) in [5, 5.41) is 3.95. The number of nitrogens with zero attached hydrogens (tertiary/aromatic N) is 2. The minimum atomic E-state index is 0.0965. The fourth-order valence-electron chi connectivity index (χ4n) is 4.05. The van der Waals surface area contributed by atoms with Crippen LogP contribution in [0.1, 0.15) is 18.1 Å². The molecule has 1 amide bonds. The predicted octanol–water partition coefficient (Wildman–Crippen LogP) is 3.16. The van der Waals surface area contributed by atoms with E-state index < -0.39 is 0 Å². The standard InChI is InChI=1S/C22H24ClN3O2/c1-15-14-25(8-9-26(15)20-6-3-18(23)4-7-20)22(28)13-24-19-5-2-16-11-21(27)12-17(16)10-19/h2-7,10,15,24H,8-9,11-14H2,1H3/t15-/m1/s1. The second-order valence-electron chi connectivity index (χ2n) is 7.59. The number of hydrogen-bond donors (Lipinski definition) is 1. The van der Waals surface area contributed by atoms with Crippen molar-refractivity contribution in [2.45, 2.75) is 25.8 Å². The van der Waals surface area contributed by atoms with Gasteiger partial charge in [0.25, 0.3) is 0 Å². The summed E-state index contributed by atoms with van der Waals surface area (Å²) in [6.07, 6.45) is 1.04. The van der Waals surface area contributed by atoms with Crippen molar-refractivity contribution in [3.63, 3.8) is 0 Å².